The summed E-state index contributed by atoms with van der Waals surface area (Å²) in [6.07, 6.45) is -3.76. The number of hydrogen-bond acceptors (Lipinski definition) is 5. The van der Waals surface area contributed by atoms with E-state index in [2.05, 4.69) is 10.2 Å². The molecule has 1 amide bonds. The van der Waals surface area contributed by atoms with Crippen molar-refractivity contribution in [2.45, 2.75) is 31.0 Å². The highest BCUT2D eigenvalue weighted by Crippen LogP contribution is 2.30. The predicted molar refractivity (Wildman–Crippen MR) is 67.2 cm³/mol. The summed E-state index contributed by atoms with van der Waals surface area (Å²) in [6.45, 7) is 0.594. The minimum Gasteiger partial charge on any atom is -0.388 e. The zero-order valence-electron chi connectivity index (χ0n) is 11.1. The molecule has 1 unspecified atom stereocenters. The van der Waals surface area contributed by atoms with E-state index in [1.165, 1.54) is 6.07 Å². The molecule has 1 saturated heterocycles. The van der Waals surface area contributed by atoms with Crippen LogP contribution in [0, 0.1) is 0 Å². The second-order valence-electron chi connectivity index (χ2n) is 5.17. The van der Waals surface area contributed by atoms with Crippen molar-refractivity contribution in [2.24, 2.45) is 5.73 Å². The molecule has 1 aromatic heterocycles. The minimum atomic E-state index is -4.54. The maximum atomic E-state index is 12.4. The van der Waals surface area contributed by atoms with Crippen LogP contribution in [0.15, 0.2) is 12.1 Å². The van der Waals surface area contributed by atoms with E-state index in [9.17, 15) is 23.1 Å². The van der Waals surface area contributed by atoms with Crippen LogP contribution in [0.4, 0.5) is 19.0 Å². The van der Waals surface area contributed by atoms with Crippen molar-refractivity contribution in [1.82, 2.24) is 10.2 Å². The second kappa shape index (κ2) is 5.47. The number of primary amides is 1. The zero-order chi connectivity index (χ0) is 15.7. The number of amides is 1. The van der Waals surface area contributed by atoms with Crippen molar-refractivity contribution >= 4 is 11.7 Å². The van der Waals surface area contributed by atoms with Gasteiger partial charge in [-0.1, -0.05) is 0 Å². The van der Waals surface area contributed by atoms with E-state index in [1.54, 1.807) is 4.90 Å². The molecule has 0 aliphatic carbocycles. The number of carbonyl (C=O) groups excluding carboxylic acids is 1. The third kappa shape index (κ3) is 3.81. The van der Waals surface area contributed by atoms with Crippen LogP contribution in [0.1, 0.15) is 25.0 Å². The first kappa shape index (κ1) is 15.5. The lowest BCUT2D eigenvalue weighted by Gasteiger charge is -2.39. The van der Waals surface area contributed by atoms with Crippen LogP contribution >= 0.6 is 0 Å². The summed E-state index contributed by atoms with van der Waals surface area (Å²) < 4.78 is 37.3. The Morgan fingerprint density at radius 1 is 1.43 bits per heavy atom. The normalized spacial score (nSPS) is 23.1. The molecular formula is C12H15F3N4O2. The summed E-state index contributed by atoms with van der Waals surface area (Å²) >= 11 is 0. The molecule has 116 valence electrons. The van der Waals surface area contributed by atoms with Crippen LogP contribution in [0.25, 0.3) is 0 Å². The number of nitrogens with two attached hydrogens (primary N) is 1. The van der Waals surface area contributed by atoms with Crippen molar-refractivity contribution in [2.75, 3.05) is 18.0 Å². The van der Waals surface area contributed by atoms with Crippen molar-refractivity contribution in [3.63, 3.8) is 0 Å². The fourth-order valence-corrected chi connectivity index (χ4v) is 2.42. The van der Waals surface area contributed by atoms with Crippen molar-refractivity contribution in [3.8, 4) is 0 Å². The minimum absolute atomic E-state index is 0.0793. The van der Waals surface area contributed by atoms with Gasteiger partial charge < -0.3 is 15.7 Å². The first-order valence-corrected chi connectivity index (χ1v) is 6.36. The van der Waals surface area contributed by atoms with E-state index < -0.39 is 23.4 Å². The molecule has 1 aromatic rings. The van der Waals surface area contributed by atoms with Gasteiger partial charge in [0.1, 0.15) is 0 Å². The monoisotopic (exact) mass is 304 g/mol. The molecule has 1 fully saturated rings. The van der Waals surface area contributed by atoms with Crippen LogP contribution in [-0.4, -0.2) is 39.9 Å². The number of hydrogen-bond donors (Lipinski definition) is 2. The molecule has 3 N–H and O–H groups in total. The third-order valence-electron chi connectivity index (χ3n) is 3.32. The topological polar surface area (TPSA) is 92.3 Å². The summed E-state index contributed by atoms with van der Waals surface area (Å²) in [7, 11) is 0. The Balaban J connectivity index is 2.13. The van der Waals surface area contributed by atoms with E-state index >= 15 is 0 Å². The molecule has 0 radical (unpaired) electrons. The molecule has 0 spiro atoms. The Morgan fingerprint density at radius 3 is 2.67 bits per heavy atom. The third-order valence-corrected chi connectivity index (χ3v) is 3.32. The Kier molecular flexibility index (Phi) is 4.04. The molecular weight excluding hydrogens is 289 g/mol. The standard InChI is InChI=1S/C12H15F3N4O2/c13-12(14,15)8-2-3-10(18-17-8)19-5-1-4-11(21,7-19)6-9(16)20/h2-3,21H,1,4-7H2,(H2,16,20). The Labute approximate surface area is 118 Å². The molecule has 2 rings (SSSR count). The van der Waals surface area contributed by atoms with Crippen LogP contribution < -0.4 is 10.6 Å². The van der Waals surface area contributed by atoms with Crippen LogP contribution in [0.3, 0.4) is 0 Å². The van der Waals surface area contributed by atoms with Gasteiger partial charge in [-0.05, 0) is 25.0 Å². The van der Waals surface area contributed by atoms with Crippen LogP contribution in [-0.2, 0) is 11.0 Å². The van der Waals surface area contributed by atoms with E-state index in [4.69, 9.17) is 5.73 Å². The summed E-state index contributed by atoms with van der Waals surface area (Å²) in [6, 6.07) is 2.04. The maximum absolute atomic E-state index is 12.4. The second-order valence-corrected chi connectivity index (χ2v) is 5.17. The van der Waals surface area contributed by atoms with Gasteiger partial charge >= 0.3 is 6.18 Å². The van der Waals surface area contributed by atoms with Crippen molar-refractivity contribution in [3.05, 3.63) is 17.8 Å². The number of β-amino-alcohol motifs (C(OH)–C–C–N with tert-alkyl or cyclic N) is 1. The molecule has 0 saturated carbocycles. The first-order chi connectivity index (χ1) is 9.70. The summed E-state index contributed by atoms with van der Waals surface area (Å²) in [5, 5.41) is 17.0. The number of anilines is 1. The number of alkyl halides is 3. The highest BCUT2D eigenvalue weighted by molar-refractivity contribution is 5.75. The molecule has 2 heterocycles. The van der Waals surface area contributed by atoms with Gasteiger partial charge in [-0.25, -0.2) is 0 Å². The highest BCUT2D eigenvalue weighted by atomic mass is 19.4. The Morgan fingerprint density at radius 2 is 2.14 bits per heavy atom. The summed E-state index contributed by atoms with van der Waals surface area (Å²) in [5.41, 5.74) is 2.73. The number of aromatic nitrogens is 2. The maximum Gasteiger partial charge on any atom is 0.435 e. The Bertz CT molecular complexity index is 520. The van der Waals surface area contributed by atoms with Crippen LogP contribution in [0.2, 0.25) is 0 Å². The summed E-state index contributed by atoms with van der Waals surface area (Å²) in [4.78, 5) is 12.6. The number of aliphatic hydroxyl groups is 1. The molecule has 0 aromatic carbocycles. The molecule has 6 nitrogen and oxygen atoms in total. The molecule has 1 atom stereocenters. The first-order valence-electron chi connectivity index (χ1n) is 6.36. The molecule has 1 aliphatic heterocycles. The van der Waals surface area contributed by atoms with E-state index in [1.807, 2.05) is 0 Å². The van der Waals surface area contributed by atoms with Crippen LogP contribution in [0.5, 0.6) is 0 Å². The van der Waals surface area contributed by atoms with Gasteiger partial charge in [-0.3, -0.25) is 4.79 Å². The smallest absolute Gasteiger partial charge is 0.388 e. The van der Waals surface area contributed by atoms with Gasteiger partial charge in [0.2, 0.25) is 5.91 Å². The Hall–Kier alpha value is -1.90. The van der Waals surface area contributed by atoms with E-state index in [-0.39, 0.29) is 18.8 Å². The molecule has 1 aliphatic rings. The van der Waals surface area contributed by atoms with Gasteiger partial charge in [-0.2, -0.15) is 13.2 Å². The van der Waals surface area contributed by atoms with E-state index in [0.717, 1.165) is 6.07 Å². The van der Waals surface area contributed by atoms with Crippen molar-refractivity contribution < 1.29 is 23.1 Å². The van der Waals surface area contributed by atoms with Gasteiger partial charge in [0.15, 0.2) is 11.5 Å². The summed E-state index contributed by atoms with van der Waals surface area (Å²) in [5.74, 6) is -0.400. The highest BCUT2D eigenvalue weighted by Gasteiger charge is 2.36. The average molecular weight is 304 g/mol. The van der Waals surface area contributed by atoms with Crippen molar-refractivity contribution in [1.29, 1.82) is 0 Å². The average Bonchev–Trinajstić information content (AvgIpc) is 2.36. The lowest BCUT2D eigenvalue weighted by molar-refractivity contribution is -0.141. The SMILES string of the molecule is NC(=O)CC1(O)CCCN(c2ccc(C(F)(F)F)nn2)C1. The van der Waals surface area contributed by atoms with Gasteiger partial charge in [0, 0.05) is 13.1 Å². The van der Waals surface area contributed by atoms with Gasteiger partial charge in [0.05, 0.1) is 12.0 Å². The fraction of sp³-hybridized carbons (Fsp3) is 0.583. The van der Waals surface area contributed by atoms with Gasteiger partial charge in [0.25, 0.3) is 0 Å². The largest absolute Gasteiger partial charge is 0.435 e. The number of piperidine rings is 1. The lowest BCUT2D eigenvalue weighted by atomic mass is 9.89. The number of nitrogens with zero attached hydrogens (tertiary/aromatic N) is 3. The number of halogens is 3. The predicted octanol–water partition coefficient (Wildman–Crippen LogP) is 0.702. The zero-order valence-corrected chi connectivity index (χ0v) is 11.1. The molecule has 0 bridgehead atoms. The number of rotatable bonds is 3. The molecule has 21 heavy (non-hydrogen) atoms. The quantitative estimate of drug-likeness (QED) is 0.857. The molecule has 9 heteroatoms. The number of carbonyl (C=O) groups is 1. The lowest BCUT2D eigenvalue weighted by Crippen LogP contribution is -2.50. The van der Waals surface area contributed by atoms with Gasteiger partial charge in [-0.15, -0.1) is 10.2 Å². The van der Waals surface area contributed by atoms with E-state index in [0.29, 0.717) is 19.4 Å². The fourth-order valence-electron chi connectivity index (χ4n) is 2.42.